The number of halogens is 3. The number of thiophene rings is 1. The Kier molecular flexibility index (Phi) is 5.69. The molecule has 0 bridgehead atoms. The van der Waals surface area contributed by atoms with Crippen LogP contribution in [0.15, 0.2) is 67.0 Å². The average molecular weight is 515 g/mol. The molecule has 0 radical (unpaired) electrons. The number of para-hydroxylation sites is 1. The number of amides is 1. The van der Waals surface area contributed by atoms with Gasteiger partial charge in [-0.05, 0) is 35.9 Å². The molecule has 12 heteroatoms. The van der Waals surface area contributed by atoms with Gasteiger partial charge in [0.15, 0.2) is 5.13 Å². The van der Waals surface area contributed by atoms with Crippen LogP contribution in [0.4, 0.5) is 24.0 Å². The minimum atomic E-state index is -4.59. The fourth-order valence-corrected chi connectivity index (χ4v) is 5.55. The summed E-state index contributed by atoms with van der Waals surface area (Å²) in [5.74, 6) is -0.481. The summed E-state index contributed by atoms with van der Waals surface area (Å²) in [4.78, 5) is 34.1. The third kappa shape index (κ3) is 4.45. The van der Waals surface area contributed by atoms with Gasteiger partial charge in [-0.15, -0.1) is 11.3 Å². The molecule has 0 aliphatic heterocycles. The topological polar surface area (TPSA) is 89.2 Å². The van der Waals surface area contributed by atoms with Crippen LogP contribution in [0, 0.1) is 10.1 Å². The van der Waals surface area contributed by atoms with Gasteiger partial charge in [0.05, 0.1) is 32.1 Å². The van der Waals surface area contributed by atoms with E-state index in [0.717, 1.165) is 28.7 Å². The van der Waals surface area contributed by atoms with Crippen LogP contribution in [-0.2, 0) is 12.7 Å². The van der Waals surface area contributed by atoms with E-state index in [1.54, 1.807) is 36.7 Å². The van der Waals surface area contributed by atoms with Crippen LogP contribution in [0.5, 0.6) is 0 Å². The van der Waals surface area contributed by atoms with Crippen molar-refractivity contribution in [2.45, 2.75) is 12.7 Å². The molecule has 5 aromatic rings. The van der Waals surface area contributed by atoms with E-state index < -0.39 is 22.6 Å². The smallest absolute Gasteiger partial charge is 0.279 e. The molecule has 0 fully saturated rings. The maximum atomic E-state index is 13.6. The van der Waals surface area contributed by atoms with Crippen molar-refractivity contribution < 1.29 is 22.9 Å². The molecule has 3 heterocycles. The van der Waals surface area contributed by atoms with Crippen LogP contribution in [0.1, 0.15) is 20.8 Å². The number of nitrogens with zero attached hydrogens (tertiary/aromatic N) is 4. The summed E-state index contributed by atoms with van der Waals surface area (Å²) in [6.07, 6.45) is -1.46. The van der Waals surface area contributed by atoms with Crippen molar-refractivity contribution in [3.05, 3.63) is 93.1 Å². The normalized spacial score (nSPS) is 11.7. The number of thiazole rings is 1. The van der Waals surface area contributed by atoms with Crippen molar-refractivity contribution in [3.63, 3.8) is 0 Å². The lowest BCUT2D eigenvalue weighted by Gasteiger charge is -2.19. The van der Waals surface area contributed by atoms with Crippen molar-refractivity contribution in [1.82, 2.24) is 9.97 Å². The lowest BCUT2D eigenvalue weighted by molar-refractivity contribution is -0.384. The number of fused-ring (bicyclic) bond motifs is 2. The maximum absolute atomic E-state index is 13.6. The van der Waals surface area contributed by atoms with Gasteiger partial charge in [-0.2, -0.15) is 13.2 Å². The monoisotopic (exact) mass is 514 g/mol. The highest BCUT2D eigenvalue weighted by Gasteiger charge is 2.34. The van der Waals surface area contributed by atoms with Gasteiger partial charge in [-0.3, -0.25) is 24.8 Å². The third-order valence-electron chi connectivity index (χ3n) is 5.17. The Balaban J connectivity index is 1.61. The number of aromatic nitrogens is 2. The molecular formula is C23H13F3N4O3S2. The van der Waals surface area contributed by atoms with Crippen LogP contribution in [0.2, 0.25) is 0 Å². The van der Waals surface area contributed by atoms with E-state index in [1.165, 1.54) is 29.2 Å². The van der Waals surface area contributed by atoms with Crippen molar-refractivity contribution in [3.8, 4) is 0 Å². The minimum Gasteiger partial charge on any atom is -0.279 e. The largest absolute Gasteiger partial charge is 0.418 e. The second-order valence-corrected chi connectivity index (χ2v) is 9.58. The van der Waals surface area contributed by atoms with Crippen LogP contribution < -0.4 is 4.90 Å². The Bertz CT molecular complexity index is 1580. The van der Waals surface area contributed by atoms with Gasteiger partial charge in [-0.25, -0.2) is 4.98 Å². The molecule has 0 unspecified atom stereocenters. The molecule has 2 aromatic carbocycles. The lowest BCUT2D eigenvalue weighted by Crippen LogP contribution is -2.29. The Labute approximate surface area is 203 Å². The number of non-ortho nitro benzene ring substituents is 1. The van der Waals surface area contributed by atoms with Gasteiger partial charge in [-0.1, -0.05) is 23.5 Å². The lowest BCUT2D eigenvalue weighted by atomic mass is 10.2. The Morgan fingerprint density at radius 3 is 2.60 bits per heavy atom. The maximum Gasteiger partial charge on any atom is 0.418 e. The minimum absolute atomic E-state index is 0.0300. The first-order chi connectivity index (χ1) is 16.7. The van der Waals surface area contributed by atoms with Gasteiger partial charge in [0, 0.05) is 34.6 Å². The standard InChI is InChI=1S/C23H13F3N4O3S2/c24-23(25,26)16-4-1-5-18-20(16)28-22(35-18)29(12-13-3-2-8-27-11-13)21(31)19-10-14-9-15(30(32)33)6-7-17(14)34-19/h1-11H,12H2. The molecule has 0 aliphatic rings. The number of pyridine rings is 1. The molecule has 0 atom stereocenters. The number of nitro benzene ring substituents is 1. The fourth-order valence-electron chi connectivity index (χ4n) is 3.56. The highest BCUT2D eigenvalue weighted by molar-refractivity contribution is 7.23. The highest BCUT2D eigenvalue weighted by Crippen LogP contribution is 2.39. The van der Waals surface area contributed by atoms with Crippen LogP contribution in [0.3, 0.4) is 0 Å². The predicted molar refractivity (Wildman–Crippen MR) is 128 cm³/mol. The summed E-state index contributed by atoms with van der Waals surface area (Å²) in [7, 11) is 0. The van der Waals surface area contributed by atoms with Gasteiger partial charge < -0.3 is 0 Å². The highest BCUT2D eigenvalue weighted by atomic mass is 32.1. The second-order valence-electron chi connectivity index (χ2n) is 7.49. The summed E-state index contributed by atoms with van der Waals surface area (Å²) in [5, 5.41) is 11.7. The number of carbonyl (C=O) groups excluding carboxylic acids is 1. The Hall–Kier alpha value is -3.90. The zero-order chi connectivity index (χ0) is 24.7. The molecule has 0 saturated heterocycles. The van der Waals surface area contributed by atoms with Gasteiger partial charge >= 0.3 is 6.18 Å². The molecule has 0 spiro atoms. The van der Waals surface area contributed by atoms with Gasteiger partial charge in [0.25, 0.3) is 11.6 Å². The molecular weight excluding hydrogens is 501 g/mol. The van der Waals surface area contributed by atoms with Crippen molar-refractivity contribution in [2.75, 3.05) is 4.90 Å². The van der Waals surface area contributed by atoms with Crippen LogP contribution in [0.25, 0.3) is 20.3 Å². The predicted octanol–water partition coefficient (Wildman–Crippen LogP) is 6.68. The van der Waals surface area contributed by atoms with Crippen molar-refractivity contribution in [1.29, 1.82) is 0 Å². The number of hydrogen-bond donors (Lipinski definition) is 0. The molecule has 3 aromatic heterocycles. The SMILES string of the molecule is O=C(c1cc2cc([N+](=O)[O-])ccc2s1)N(Cc1cccnc1)c1nc2c(C(F)(F)F)cccc2s1. The average Bonchev–Trinajstić information content (AvgIpc) is 3.45. The van der Waals surface area contributed by atoms with Gasteiger partial charge in [0.2, 0.25) is 0 Å². The first-order valence-electron chi connectivity index (χ1n) is 10.1. The molecule has 35 heavy (non-hydrogen) atoms. The number of carbonyl (C=O) groups is 1. The number of hydrogen-bond acceptors (Lipinski definition) is 7. The molecule has 0 N–H and O–H groups in total. The summed E-state index contributed by atoms with van der Waals surface area (Å²) in [5.41, 5.74) is -0.545. The molecule has 0 saturated carbocycles. The molecule has 5 rings (SSSR count). The van der Waals surface area contributed by atoms with E-state index >= 15 is 0 Å². The van der Waals surface area contributed by atoms with Crippen molar-refractivity contribution >= 4 is 59.7 Å². The van der Waals surface area contributed by atoms with E-state index in [-0.39, 0.29) is 27.8 Å². The zero-order valence-electron chi connectivity index (χ0n) is 17.5. The molecule has 7 nitrogen and oxygen atoms in total. The Morgan fingerprint density at radius 2 is 1.89 bits per heavy atom. The van der Waals surface area contributed by atoms with Crippen LogP contribution in [-0.4, -0.2) is 20.8 Å². The second kappa shape index (κ2) is 8.71. The van der Waals surface area contributed by atoms with E-state index in [0.29, 0.717) is 20.3 Å². The number of alkyl halides is 3. The molecule has 0 aliphatic carbocycles. The van der Waals surface area contributed by atoms with E-state index in [2.05, 4.69) is 9.97 Å². The zero-order valence-corrected chi connectivity index (χ0v) is 19.2. The third-order valence-corrected chi connectivity index (χ3v) is 7.32. The Morgan fingerprint density at radius 1 is 1.06 bits per heavy atom. The van der Waals surface area contributed by atoms with Crippen molar-refractivity contribution in [2.24, 2.45) is 0 Å². The number of benzene rings is 2. The molecule has 1 amide bonds. The summed E-state index contributed by atoms with van der Waals surface area (Å²) < 4.78 is 41.6. The summed E-state index contributed by atoms with van der Waals surface area (Å²) >= 11 is 2.12. The van der Waals surface area contributed by atoms with Crippen LogP contribution >= 0.6 is 22.7 Å². The van der Waals surface area contributed by atoms with E-state index in [1.807, 2.05) is 0 Å². The van der Waals surface area contributed by atoms with E-state index in [9.17, 15) is 28.1 Å². The first kappa shape index (κ1) is 22.9. The number of rotatable bonds is 5. The number of nitro groups is 1. The summed E-state index contributed by atoms with van der Waals surface area (Å²) in [6, 6.07) is 13.1. The fraction of sp³-hybridized carbons (Fsp3) is 0.0870. The number of anilines is 1. The van der Waals surface area contributed by atoms with Gasteiger partial charge in [0.1, 0.15) is 0 Å². The molecule has 176 valence electrons. The van der Waals surface area contributed by atoms with E-state index in [4.69, 9.17) is 0 Å². The quantitative estimate of drug-likeness (QED) is 0.193. The first-order valence-corrected chi connectivity index (χ1v) is 11.7. The summed E-state index contributed by atoms with van der Waals surface area (Å²) in [6.45, 7) is 0.0300.